The Morgan fingerprint density at radius 1 is 1.12 bits per heavy atom. The third kappa shape index (κ3) is 4.39. The lowest BCUT2D eigenvalue weighted by atomic mass is 9.86. The Kier molecular flexibility index (Phi) is 6.50. The van der Waals surface area contributed by atoms with Gasteiger partial charge in [-0.3, -0.25) is 10.3 Å². The summed E-state index contributed by atoms with van der Waals surface area (Å²) in [6.45, 7) is 9.29. The van der Waals surface area contributed by atoms with Crippen molar-refractivity contribution in [3.05, 3.63) is 64.6 Å². The monoisotopic (exact) mass is 459 g/mol. The van der Waals surface area contributed by atoms with Crippen molar-refractivity contribution in [3.63, 3.8) is 0 Å². The summed E-state index contributed by atoms with van der Waals surface area (Å²) in [6, 6.07) is 0.578. The van der Waals surface area contributed by atoms with E-state index in [9.17, 15) is 0 Å². The van der Waals surface area contributed by atoms with Gasteiger partial charge >= 0.3 is 0 Å². The van der Waals surface area contributed by atoms with Crippen molar-refractivity contribution in [1.29, 1.82) is 5.41 Å². The zero-order valence-electron chi connectivity index (χ0n) is 20.7. The predicted molar refractivity (Wildman–Crippen MR) is 141 cm³/mol. The van der Waals surface area contributed by atoms with Gasteiger partial charge in [0.25, 0.3) is 0 Å². The molecule has 1 aromatic rings. The molecule has 5 rings (SSSR count). The van der Waals surface area contributed by atoms with Crippen molar-refractivity contribution in [1.82, 2.24) is 14.8 Å². The quantitative estimate of drug-likeness (QED) is 0.426. The van der Waals surface area contributed by atoms with E-state index in [4.69, 9.17) is 10.1 Å². The summed E-state index contributed by atoms with van der Waals surface area (Å²) in [5.41, 5.74) is 6.18. The lowest BCUT2D eigenvalue weighted by Gasteiger charge is -2.39. The lowest BCUT2D eigenvalue weighted by Crippen LogP contribution is -2.51. The van der Waals surface area contributed by atoms with E-state index in [2.05, 4.69) is 76.6 Å². The van der Waals surface area contributed by atoms with Gasteiger partial charge in [0, 0.05) is 67.6 Å². The summed E-state index contributed by atoms with van der Waals surface area (Å²) in [6.07, 6.45) is 18.4. The first-order valence-corrected chi connectivity index (χ1v) is 12.6. The maximum absolute atomic E-state index is 8.92. The molecule has 1 fully saturated rings. The highest BCUT2D eigenvalue weighted by Crippen LogP contribution is 2.38. The van der Waals surface area contributed by atoms with Crippen LogP contribution < -0.4 is 5.32 Å². The van der Waals surface area contributed by atoms with Crippen LogP contribution in [-0.4, -0.2) is 66.5 Å². The predicted octanol–water partition coefficient (Wildman–Crippen LogP) is 5.04. The smallest absolute Gasteiger partial charge is 0.122 e. The Morgan fingerprint density at radius 3 is 2.68 bits per heavy atom. The van der Waals surface area contributed by atoms with Crippen LogP contribution in [-0.2, 0) is 4.74 Å². The summed E-state index contributed by atoms with van der Waals surface area (Å²) in [4.78, 5) is 8.20. The van der Waals surface area contributed by atoms with E-state index in [-0.39, 0.29) is 5.92 Å². The second kappa shape index (κ2) is 9.71. The molecule has 0 aromatic carbocycles. The standard InChI is InChI=1S/C28H37N5O/c1-19(2)32-11-13-33(14-12-32)27(29)21-8-6-7-20(15-21)22-16-24-25(18-31-28(24)30-17-22)23-9-4-5-10-26(23)34-3/h6-10,16,18-19,21,29-31H,4-5,11-15,17H2,1-3H3. The number of rotatable bonds is 5. The Labute approximate surface area is 203 Å². The minimum absolute atomic E-state index is 0.141. The van der Waals surface area contributed by atoms with E-state index in [1.807, 2.05) is 0 Å². The zero-order valence-corrected chi connectivity index (χ0v) is 20.7. The van der Waals surface area contributed by atoms with E-state index in [0.717, 1.165) is 69.4 Å². The molecule has 1 atom stereocenters. The Bertz CT molecular complexity index is 1090. The number of methoxy groups -OCH3 is 1. The van der Waals surface area contributed by atoms with E-state index in [1.54, 1.807) is 7.11 Å². The van der Waals surface area contributed by atoms with E-state index in [1.165, 1.54) is 27.8 Å². The van der Waals surface area contributed by atoms with Crippen molar-refractivity contribution in [2.24, 2.45) is 5.92 Å². The molecule has 6 nitrogen and oxygen atoms in total. The fourth-order valence-electron chi connectivity index (χ4n) is 5.48. The number of aromatic amines is 1. The van der Waals surface area contributed by atoms with Crippen LogP contribution in [0.25, 0.3) is 11.6 Å². The highest BCUT2D eigenvalue weighted by molar-refractivity contribution is 5.89. The maximum Gasteiger partial charge on any atom is 0.122 e. The van der Waals surface area contributed by atoms with Crippen LogP contribution in [0.5, 0.6) is 0 Å². The van der Waals surface area contributed by atoms with Gasteiger partial charge < -0.3 is 19.9 Å². The molecular weight excluding hydrogens is 422 g/mol. The largest absolute Gasteiger partial charge is 0.496 e. The molecule has 1 aromatic heterocycles. The van der Waals surface area contributed by atoms with Gasteiger partial charge in [0.05, 0.1) is 7.11 Å². The highest BCUT2D eigenvalue weighted by atomic mass is 16.5. The van der Waals surface area contributed by atoms with Crippen LogP contribution in [0.4, 0.5) is 5.82 Å². The van der Waals surface area contributed by atoms with Gasteiger partial charge in [-0.2, -0.15) is 0 Å². The number of nitrogens with one attached hydrogen (secondary N) is 3. The number of H-pyrrole nitrogens is 1. The Morgan fingerprint density at radius 2 is 1.91 bits per heavy atom. The molecule has 3 N–H and O–H groups in total. The van der Waals surface area contributed by atoms with Crippen molar-refractivity contribution < 1.29 is 4.74 Å². The molecule has 4 aliphatic rings. The van der Waals surface area contributed by atoms with Gasteiger partial charge in [0.2, 0.25) is 0 Å². The van der Waals surface area contributed by atoms with Crippen molar-refractivity contribution >= 4 is 23.3 Å². The first-order valence-electron chi connectivity index (χ1n) is 12.6. The van der Waals surface area contributed by atoms with E-state index < -0.39 is 0 Å². The van der Waals surface area contributed by atoms with Gasteiger partial charge in [-0.1, -0.05) is 24.3 Å². The van der Waals surface area contributed by atoms with Gasteiger partial charge in [0.1, 0.15) is 17.4 Å². The second-order valence-corrected chi connectivity index (χ2v) is 9.87. The first-order chi connectivity index (χ1) is 16.5. The topological polar surface area (TPSA) is 67.4 Å². The molecule has 0 radical (unpaired) electrons. The summed E-state index contributed by atoms with van der Waals surface area (Å²) >= 11 is 0. The summed E-state index contributed by atoms with van der Waals surface area (Å²) in [7, 11) is 1.75. The first kappa shape index (κ1) is 22.8. The molecule has 3 heterocycles. The fraction of sp³-hybridized carbons (Fsp3) is 0.464. The van der Waals surface area contributed by atoms with Crippen LogP contribution in [0.1, 0.15) is 44.2 Å². The van der Waals surface area contributed by atoms with E-state index >= 15 is 0 Å². The van der Waals surface area contributed by atoms with Crippen molar-refractivity contribution in [2.75, 3.05) is 45.2 Å². The third-order valence-electron chi connectivity index (χ3n) is 7.54. The molecule has 0 bridgehead atoms. The maximum atomic E-state index is 8.92. The molecule has 6 heteroatoms. The number of hydrogen-bond donors (Lipinski definition) is 3. The number of aromatic nitrogens is 1. The molecule has 1 unspecified atom stereocenters. The normalized spacial score (nSPS) is 22.9. The van der Waals surface area contributed by atoms with Crippen molar-refractivity contribution in [3.8, 4) is 0 Å². The van der Waals surface area contributed by atoms with Gasteiger partial charge in [-0.05, 0) is 56.4 Å². The number of nitrogens with zero attached hydrogens (tertiary/aromatic N) is 2. The van der Waals surface area contributed by atoms with Crippen LogP contribution in [0.3, 0.4) is 0 Å². The van der Waals surface area contributed by atoms with E-state index in [0.29, 0.717) is 6.04 Å². The molecule has 180 valence electrons. The minimum atomic E-state index is 0.141. The molecule has 34 heavy (non-hydrogen) atoms. The number of piperazine rings is 1. The van der Waals surface area contributed by atoms with Crippen LogP contribution in [0, 0.1) is 11.3 Å². The number of allylic oxidation sites excluding steroid dienone is 5. The Balaban J connectivity index is 1.32. The Hall–Kier alpha value is -2.99. The minimum Gasteiger partial charge on any atom is -0.496 e. The molecule has 0 amide bonds. The SMILES string of the molecule is COC1=CCCC=C1c1c[nH]c2c1C=C(C1=CC=CC(C(=N)N3CCN(C(C)C)CC3)C1)CN2. The summed E-state index contributed by atoms with van der Waals surface area (Å²) in [5, 5.41) is 12.5. The number of anilines is 1. The summed E-state index contributed by atoms with van der Waals surface area (Å²) in [5.74, 6) is 2.93. The van der Waals surface area contributed by atoms with Crippen LogP contribution >= 0.6 is 0 Å². The molecule has 1 saturated heterocycles. The van der Waals surface area contributed by atoms with Gasteiger partial charge in [-0.25, -0.2) is 0 Å². The third-order valence-corrected chi connectivity index (χ3v) is 7.54. The zero-order chi connectivity index (χ0) is 23.7. The number of ether oxygens (including phenoxy) is 1. The molecule has 2 aliphatic carbocycles. The highest BCUT2D eigenvalue weighted by Gasteiger charge is 2.28. The van der Waals surface area contributed by atoms with Gasteiger partial charge in [-0.15, -0.1) is 0 Å². The lowest BCUT2D eigenvalue weighted by molar-refractivity contribution is 0.146. The van der Waals surface area contributed by atoms with Crippen LogP contribution in [0.15, 0.2) is 53.5 Å². The molecule has 0 saturated carbocycles. The average molecular weight is 460 g/mol. The number of amidine groups is 1. The number of hydrogen-bond acceptors (Lipinski definition) is 4. The van der Waals surface area contributed by atoms with Gasteiger partial charge in [0.15, 0.2) is 0 Å². The molecule has 2 aliphatic heterocycles. The molecular formula is C28H37N5O. The second-order valence-electron chi connectivity index (χ2n) is 9.87. The van der Waals surface area contributed by atoms with Crippen LogP contribution in [0.2, 0.25) is 0 Å². The summed E-state index contributed by atoms with van der Waals surface area (Å²) < 4.78 is 5.67. The van der Waals surface area contributed by atoms with Crippen molar-refractivity contribution in [2.45, 2.75) is 39.2 Å². The fourth-order valence-corrected chi connectivity index (χ4v) is 5.48. The number of fused-ring (bicyclic) bond motifs is 1. The average Bonchev–Trinajstić information content (AvgIpc) is 3.31. The molecule has 0 spiro atoms.